The highest BCUT2D eigenvalue weighted by Gasteiger charge is 2.12. The number of benzene rings is 1. The number of halogens is 2. The van der Waals surface area contributed by atoms with Crippen LogP contribution in [0.4, 0.5) is 5.69 Å². The lowest BCUT2D eigenvalue weighted by Crippen LogP contribution is -2.32. The molecule has 1 unspecified atom stereocenters. The zero-order valence-electron chi connectivity index (χ0n) is 10.0. The normalized spacial score (nSPS) is 12.2. The summed E-state index contributed by atoms with van der Waals surface area (Å²) in [5.74, 6) is -0.338. The Labute approximate surface area is 116 Å². The molecule has 100 valence electrons. The summed E-state index contributed by atoms with van der Waals surface area (Å²) < 4.78 is 0. The predicted octanol–water partition coefficient (Wildman–Crippen LogP) is 2.47. The second-order valence-corrected chi connectivity index (χ2v) is 4.80. The summed E-state index contributed by atoms with van der Waals surface area (Å²) in [7, 11) is 0. The number of aliphatic hydroxyl groups is 1. The van der Waals surface area contributed by atoms with Crippen molar-refractivity contribution in [2.24, 2.45) is 0 Å². The molecule has 0 aliphatic rings. The number of rotatable bonds is 5. The smallest absolute Gasteiger partial charge is 0.251 e. The molecule has 1 aromatic carbocycles. The van der Waals surface area contributed by atoms with Crippen LogP contribution >= 0.6 is 23.2 Å². The third-order valence-corrected chi connectivity index (χ3v) is 3.26. The highest BCUT2D eigenvalue weighted by atomic mass is 35.5. The SMILES string of the molecule is CCCC(O)CNC(=O)c1cc(N)c(Cl)c(Cl)c1. The fourth-order valence-electron chi connectivity index (χ4n) is 1.49. The molecule has 0 heterocycles. The number of nitrogen functional groups attached to an aromatic ring is 1. The van der Waals surface area contributed by atoms with E-state index in [2.05, 4.69) is 5.32 Å². The number of amides is 1. The number of aliphatic hydroxyl groups excluding tert-OH is 1. The molecule has 0 aliphatic carbocycles. The first-order valence-corrected chi connectivity index (χ1v) is 6.42. The van der Waals surface area contributed by atoms with Gasteiger partial charge in [0.2, 0.25) is 0 Å². The number of nitrogens with one attached hydrogen (secondary N) is 1. The number of nitrogens with two attached hydrogens (primary N) is 1. The lowest BCUT2D eigenvalue weighted by Gasteiger charge is -2.11. The summed E-state index contributed by atoms with van der Waals surface area (Å²) in [6.07, 6.45) is 0.958. The minimum Gasteiger partial charge on any atom is -0.397 e. The fraction of sp³-hybridized carbons (Fsp3) is 0.417. The number of hydrogen-bond acceptors (Lipinski definition) is 3. The number of hydrogen-bond donors (Lipinski definition) is 3. The van der Waals surface area contributed by atoms with E-state index in [-0.39, 0.29) is 28.2 Å². The summed E-state index contributed by atoms with van der Waals surface area (Å²) >= 11 is 11.6. The van der Waals surface area contributed by atoms with Crippen molar-refractivity contribution in [2.45, 2.75) is 25.9 Å². The van der Waals surface area contributed by atoms with Gasteiger partial charge in [0.05, 0.1) is 21.8 Å². The summed E-state index contributed by atoms with van der Waals surface area (Å²) in [5.41, 5.74) is 6.19. The average molecular weight is 291 g/mol. The second kappa shape index (κ2) is 6.83. The molecule has 4 nitrogen and oxygen atoms in total. The van der Waals surface area contributed by atoms with Gasteiger partial charge in [-0.1, -0.05) is 36.5 Å². The van der Waals surface area contributed by atoms with Crippen LogP contribution in [0.2, 0.25) is 10.0 Å². The molecule has 0 aliphatic heterocycles. The van der Waals surface area contributed by atoms with Crippen LogP contribution in [-0.4, -0.2) is 23.7 Å². The van der Waals surface area contributed by atoms with Crippen LogP contribution in [0, 0.1) is 0 Å². The van der Waals surface area contributed by atoms with Gasteiger partial charge in [0.25, 0.3) is 5.91 Å². The molecule has 0 bridgehead atoms. The molecular formula is C12H16Cl2N2O2. The van der Waals surface area contributed by atoms with Gasteiger partial charge < -0.3 is 16.2 Å². The molecule has 1 atom stereocenters. The van der Waals surface area contributed by atoms with Gasteiger partial charge in [-0.2, -0.15) is 0 Å². The Kier molecular flexibility index (Phi) is 5.72. The van der Waals surface area contributed by atoms with E-state index in [1.54, 1.807) is 0 Å². The van der Waals surface area contributed by atoms with E-state index in [1.165, 1.54) is 12.1 Å². The standard InChI is InChI=1S/C12H16Cl2N2O2/c1-2-3-8(17)6-16-12(18)7-4-9(13)11(14)10(15)5-7/h4-5,8,17H,2-3,6,15H2,1H3,(H,16,18). The zero-order chi connectivity index (χ0) is 13.7. The van der Waals surface area contributed by atoms with Crippen LogP contribution in [-0.2, 0) is 0 Å². The molecule has 18 heavy (non-hydrogen) atoms. The van der Waals surface area contributed by atoms with Crippen molar-refractivity contribution in [1.82, 2.24) is 5.32 Å². The molecule has 1 amide bonds. The molecular weight excluding hydrogens is 275 g/mol. The minimum absolute atomic E-state index is 0.201. The molecule has 0 fully saturated rings. The molecule has 0 aromatic heterocycles. The van der Waals surface area contributed by atoms with Gasteiger partial charge in [-0.3, -0.25) is 4.79 Å². The molecule has 0 radical (unpaired) electrons. The maximum absolute atomic E-state index is 11.8. The topological polar surface area (TPSA) is 75.3 Å². The van der Waals surface area contributed by atoms with Crippen LogP contribution in [0.25, 0.3) is 0 Å². The highest BCUT2D eigenvalue weighted by molar-refractivity contribution is 6.43. The Balaban J connectivity index is 2.67. The summed E-state index contributed by atoms with van der Waals surface area (Å²) in [6.45, 7) is 2.16. The quantitative estimate of drug-likeness (QED) is 0.729. The van der Waals surface area contributed by atoms with Crippen molar-refractivity contribution < 1.29 is 9.90 Å². The lowest BCUT2D eigenvalue weighted by atomic mass is 10.1. The van der Waals surface area contributed by atoms with Gasteiger partial charge in [-0.05, 0) is 18.6 Å². The molecule has 4 N–H and O–H groups in total. The van der Waals surface area contributed by atoms with Gasteiger partial charge in [0.15, 0.2) is 0 Å². The third-order valence-electron chi connectivity index (χ3n) is 2.44. The van der Waals surface area contributed by atoms with Gasteiger partial charge in [0, 0.05) is 12.1 Å². The first-order valence-electron chi connectivity index (χ1n) is 5.66. The summed E-state index contributed by atoms with van der Waals surface area (Å²) in [4.78, 5) is 11.8. The van der Waals surface area contributed by atoms with E-state index in [4.69, 9.17) is 28.9 Å². The van der Waals surface area contributed by atoms with Crippen molar-refractivity contribution in [3.8, 4) is 0 Å². The molecule has 6 heteroatoms. The van der Waals surface area contributed by atoms with Crippen molar-refractivity contribution in [1.29, 1.82) is 0 Å². The van der Waals surface area contributed by atoms with Gasteiger partial charge in [-0.25, -0.2) is 0 Å². The minimum atomic E-state index is -0.543. The van der Waals surface area contributed by atoms with Crippen molar-refractivity contribution >= 4 is 34.8 Å². The maximum Gasteiger partial charge on any atom is 0.251 e. The van der Waals surface area contributed by atoms with Crippen molar-refractivity contribution in [3.05, 3.63) is 27.7 Å². The Bertz CT molecular complexity index is 415. The van der Waals surface area contributed by atoms with Crippen molar-refractivity contribution in [2.75, 3.05) is 12.3 Å². The number of carbonyl (C=O) groups excluding carboxylic acids is 1. The average Bonchev–Trinajstić information content (AvgIpc) is 2.32. The Hall–Kier alpha value is -0.970. The van der Waals surface area contributed by atoms with E-state index in [0.29, 0.717) is 12.0 Å². The van der Waals surface area contributed by atoms with E-state index in [1.807, 2.05) is 6.92 Å². The summed E-state index contributed by atoms with van der Waals surface area (Å²) in [6, 6.07) is 2.90. The monoisotopic (exact) mass is 290 g/mol. The van der Waals surface area contributed by atoms with Gasteiger partial charge >= 0.3 is 0 Å². The predicted molar refractivity (Wildman–Crippen MR) is 74.1 cm³/mol. The highest BCUT2D eigenvalue weighted by Crippen LogP contribution is 2.29. The van der Waals surface area contributed by atoms with E-state index < -0.39 is 6.10 Å². The molecule has 0 spiro atoms. The Morgan fingerprint density at radius 1 is 1.50 bits per heavy atom. The van der Waals surface area contributed by atoms with Crippen LogP contribution in [0.15, 0.2) is 12.1 Å². The lowest BCUT2D eigenvalue weighted by molar-refractivity contribution is 0.0910. The first kappa shape index (κ1) is 15.1. The maximum atomic E-state index is 11.8. The Morgan fingerprint density at radius 3 is 2.72 bits per heavy atom. The summed E-state index contributed by atoms with van der Waals surface area (Å²) in [5, 5.41) is 12.6. The zero-order valence-corrected chi connectivity index (χ0v) is 11.6. The Morgan fingerprint density at radius 2 is 2.17 bits per heavy atom. The van der Waals surface area contributed by atoms with E-state index >= 15 is 0 Å². The van der Waals surface area contributed by atoms with E-state index in [9.17, 15) is 9.90 Å². The molecule has 1 aromatic rings. The van der Waals surface area contributed by atoms with Crippen LogP contribution in [0.3, 0.4) is 0 Å². The van der Waals surface area contributed by atoms with Crippen LogP contribution in [0.1, 0.15) is 30.1 Å². The molecule has 1 rings (SSSR count). The second-order valence-electron chi connectivity index (χ2n) is 4.01. The largest absolute Gasteiger partial charge is 0.397 e. The first-order chi connectivity index (χ1) is 8.45. The van der Waals surface area contributed by atoms with E-state index in [0.717, 1.165) is 6.42 Å². The molecule has 0 saturated heterocycles. The van der Waals surface area contributed by atoms with Crippen LogP contribution in [0.5, 0.6) is 0 Å². The third kappa shape index (κ3) is 4.05. The van der Waals surface area contributed by atoms with Gasteiger partial charge in [0.1, 0.15) is 0 Å². The number of carbonyl (C=O) groups is 1. The molecule has 0 saturated carbocycles. The van der Waals surface area contributed by atoms with Crippen LogP contribution < -0.4 is 11.1 Å². The number of anilines is 1. The fourth-order valence-corrected chi connectivity index (χ4v) is 1.83. The van der Waals surface area contributed by atoms with Crippen molar-refractivity contribution in [3.63, 3.8) is 0 Å². The van der Waals surface area contributed by atoms with Gasteiger partial charge in [-0.15, -0.1) is 0 Å².